The van der Waals surface area contributed by atoms with E-state index in [-0.39, 0.29) is 0 Å². The molecule has 4 N–H and O–H groups in total. The van der Waals surface area contributed by atoms with E-state index in [0.29, 0.717) is 0 Å². The van der Waals surface area contributed by atoms with Crippen LogP contribution in [0.1, 0.15) is 12.5 Å². The summed E-state index contributed by atoms with van der Waals surface area (Å²) in [6.07, 6.45) is 0.876. The topological polar surface area (TPSA) is 76.8 Å². The van der Waals surface area contributed by atoms with Crippen molar-refractivity contribution in [3.63, 3.8) is 0 Å². The van der Waals surface area contributed by atoms with Crippen molar-refractivity contribution in [1.29, 1.82) is 0 Å². The van der Waals surface area contributed by atoms with Crippen LogP contribution in [-0.4, -0.2) is 0 Å². The second-order valence-electron chi connectivity index (χ2n) is 4.03. The van der Waals surface area contributed by atoms with Crippen molar-refractivity contribution in [2.24, 2.45) is 10.2 Å². The molecule has 0 atom stereocenters. The maximum atomic E-state index is 5.74. The molecule has 0 radical (unpaired) electrons. The molecule has 18 heavy (non-hydrogen) atoms. The molecule has 0 spiro atoms. The molecule has 0 aliphatic carbocycles. The molecule has 0 amide bonds. The Labute approximate surface area is 106 Å². The van der Waals surface area contributed by atoms with E-state index >= 15 is 0 Å². The highest BCUT2D eigenvalue weighted by Gasteiger charge is 2.00. The van der Waals surface area contributed by atoms with Gasteiger partial charge < -0.3 is 11.5 Å². The van der Waals surface area contributed by atoms with E-state index in [4.69, 9.17) is 11.5 Å². The van der Waals surface area contributed by atoms with Crippen molar-refractivity contribution in [2.75, 3.05) is 11.5 Å². The minimum Gasteiger partial charge on any atom is -0.399 e. The number of rotatable bonds is 3. The van der Waals surface area contributed by atoms with Crippen LogP contribution in [0.4, 0.5) is 22.7 Å². The second kappa shape index (κ2) is 5.31. The number of benzene rings is 2. The normalized spacial score (nSPS) is 10.9. The van der Waals surface area contributed by atoms with E-state index in [1.165, 1.54) is 0 Å². The van der Waals surface area contributed by atoms with Crippen LogP contribution in [-0.2, 0) is 6.42 Å². The lowest BCUT2D eigenvalue weighted by molar-refractivity contribution is 1.11. The van der Waals surface area contributed by atoms with Crippen LogP contribution >= 0.6 is 0 Å². The summed E-state index contributed by atoms with van der Waals surface area (Å²) in [5, 5.41) is 8.43. The summed E-state index contributed by atoms with van der Waals surface area (Å²) in [5.41, 5.74) is 15.5. The van der Waals surface area contributed by atoms with Gasteiger partial charge in [0.1, 0.15) is 0 Å². The van der Waals surface area contributed by atoms with Gasteiger partial charge in [-0.25, -0.2) is 0 Å². The minimum atomic E-state index is 0.718. The molecule has 92 valence electrons. The van der Waals surface area contributed by atoms with E-state index in [1.807, 2.05) is 30.3 Å². The summed E-state index contributed by atoms with van der Waals surface area (Å²) in [7, 11) is 0. The number of hydrogen-bond acceptors (Lipinski definition) is 4. The summed E-state index contributed by atoms with van der Waals surface area (Å²) in [6.45, 7) is 2.07. The van der Waals surface area contributed by atoms with E-state index in [1.54, 1.807) is 12.1 Å². The summed E-state index contributed by atoms with van der Waals surface area (Å²) < 4.78 is 0. The maximum absolute atomic E-state index is 5.74. The van der Waals surface area contributed by atoms with Gasteiger partial charge in [-0.05, 0) is 54.4 Å². The van der Waals surface area contributed by atoms with Gasteiger partial charge in [0.05, 0.1) is 11.4 Å². The van der Waals surface area contributed by atoms with Gasteiger partial charge in [-0.3, -0.25) is 0 Å². The zero-order valence-electron chi connectivity index (χ0n) is 10.3. The fourth-order valence-corrected chi connectivity index (χ4v) is 1.64. The van der Waals surface area contributed by atoms with Crippen molar-refractivity contribution < 1.29 is 0 Å². The average Bonchev–Trinajstić information content (AvgIpc) is 2.39. The highest BCUT2D eigenvalue weighted by Crippen LogP contribution is 2.25. The molecule has 0 saturated carbocycles. The van der Waals surface area contributed by atoms with Crippen molar-refractivity contribution in [3.8, 4) is 0 Å². The molecule has 0 saturated heterocycles. The van der Waals surface area contributed by atoms with Crippen LogP contribution < -0.4 is 11.5 Å². The summed E-state index contributed by atoms with van der Waals surface area (Å²) >= 11 is 0. The molecule has 0 unspecified atom stereocenters. The van der Waals surface area contributed by atoms with Crippen molar-refractivity contribution in [2.45, 2.75) is 13.3 Å². The molecule has 0 fully saturated rings. The molecule has 0 aliphatic heterocycles. The first-order valence-corrected chi connectivity index (χ1v) is 5.84. The highest BCUT2D eigenvalue weighted by atomic mass is 15.1. The molecule has 2 aromatic carbocycles. The summed E-state index contributed by atoms with van der Waals surface area (Å²) in [6, 6.07) is 12.9. The molecule has 0 heterocycles. The third kappa shape index (κ3) is 2.85. The Morgan fingerprint density at radius 1 is 0.889 bits per heavy atom. The molecular formula is C14H16N4. The monoisotopic (exact) mass is 240 g/mol. The number of anilines is 2. The predicted octanol–water partition coefficient (Wildman–Crippen LogP) is 3.83. The molecule has 4 heteroatoms. The number of hydrogen-bond donors (Lipinski definition) is 2. The van der Waals surface area contributed by atoms with Crippen LogP contribution in [0.25, 0.3) is 0 Å². The van der Waals surface area contributed by atoms with Gasteiger partial charge in [-0.2, -0.15) is 10.2 Å². The van der Waals surface area contributed by atoms with Crippen LogP contribution in [0.5, 0.6) is 0 Å². The van der Waals surface area contributed by atoms with E-state index in [0.717, 1.165) is 34.7 Å². The van der Waals surface area contributed by atoms with Gasteiger partial charge in [0, 0.05) is 11.4 Å². The zero-order chi connectivity index (χ0) is 13.0. The Kier molecular flexibility index (Phi) is 3.57. The third-order valence-electron chi connectivity index (χ3n) is 2.65. The van der Waals surface area contributed by atoms with Crippen LogP contribution in [0.15, 0.2) is 52.7 Å². The first-order chi connectivity index (χ1) is 8.69. The SMILES string of the molecule is CCc1cc(N)ccc1N=Nc1ccc(N)cc1. The number of aryl methyl sites for hydroxylation is 1. The number of nitrogen functional groups attached to an aromatic ring is 2. The minimum absolute atomic E-state index is 0.718. The fraction of sp³-hybridized carbons (Fsp3) is 0.143. The van der Waals surface area contributed by atoms with Gasteiger partial charge in [0.25, 0.3) is 0 Å². The molecule has 4 nitrogen and oxygen atoms in total. The van der Waals surface area contributed by atoms with E-state index < -0.39 is 0 Å². The zero-order valence-corrected chi connectivity index (χ0v) is 10.3. The smallest absolute Gasteiger partial charge is 0.0890 e. The van der Waals surface area contributed by atoms with Gasteiger partial charge in [-0.15, -0.1) is 0 Å². The quantitative estimate of drug-likeness (QED) is 0.631. The van der Waals surface area contributed by atoms with E-state index in [2.05, 4.69) is 17.2 Å². The average molecular weight is 240 g/mol. The number of nitrogens with two attached hydrogens (primary N) is 2. The Morgan fingerprint density at radius 3 is 2.22 bits per heavy atom. The lowest BCUT2D eigenvalue weighted by Crippen LogP contribution is -1.87. The Hall–Kier alpha value is -2.36. The Morgan fingerprint density at radius 2 is 1.56 bits per heavy atom. The van der Waals surface area contributed by atoms with Crippen molar-refractivity contribution in [1.82, 2.24) is 0 Å². The standard InChI is InChI=1S/C14H16N4/c1-2-10-9-12(16)5-8-14(10)18-17-13-6-3-11(15)4-7-13/h3-9H,2,15-16H2,1H3. The molecule has 0 aromatic heterocycles. The first kappa shape index (κ1) is 12.1. The molecule has 0 aliphatic rings. The third-order valence-corrected chi connectivity index (χ3v) is 2.65. The Bertz CT molecular complexity index is 559. The van der Waals surface area contributed by atoms with E-state index in [9.17, 15) is 0 Å². The highest BCUT2D eigenvalue weighted by molar-refractivity contribution is 5.55. The van der Waals surface area contributed by atoms with Crippen LogP contribution in [0.2, 0.25) is 0 Å². The van der Waals surface area contributed by atoms with Crippen molar-refractivity contribution >= 4 is 22.7 Å². The molecule has 2 aromatic rings. The van der Waals surface area contributed by atoms with Crippen LogP contribution in [0, 0.1) is 0 Å². The lowest BCUT2D eigenvalue weighted by Gasteiger charge is -2.03. The lowest BCUT2D eigenvalue weighted by atomic mass is 10.1. The predicted molar refractivity (Wildman–Crippen MR) is 75.3 cm³/mol. The fourth-order valence-electron chi connectivity index (χ4n) is 1.64. The van der Waals surface area contributed by atoms with Crippen molar-refractivity contribution in [3.05, 3.63) is 48.0 Å². The largest absolute Gasteiger partial charge is 0.399 e. The maximum Gasteiger partial charge on any atom is 0.0890 e. The van der Waals surface area contributed by atoms with Crippen LogP contribution in [0.3, 0.4) is 0 Å². The van der Waals surface area contributed by atoms with Gasteiger partial charge in [0.15, 0.2) is 0 Å². The summed E-state index contributed by atoms with van der Waals surface area (Å²) in [4.78, 5) is 0. The molecule has 2 rings (SSSR count). The van der Waals surface area contributed by atoms with Gasteiger partial charge in [-0.1, -0.05) is 6.92 Å². The first-order valence-electron chi connectivity index (χ1n) is 5.84. The molecular weight excluding hydrogens is 224 g/mol. The second-order valence-corrected chi connectivity index (χ2v) is 4.03. The van der Waals surface area contributed by atoms with Gasteiger partial charge in [0.2, 0.25) is 0 Å². The number of azo groups is 1. The van der Waals surface area contributed by atoms with Gasteiger partial charge >= 0.3 is 0 Å². The molecule has 0 bridgehead atoms. The Balaban J connectivity index is 2.25. The summed E-state index contributed by atoms with van der Waals surface area (Å²) in [5.74, 6) is 0. The number of nitrogens with zero attached hydrogens (tertiary/aromatic N) is 2.